The molecule has 0 spiro atoms. The molecule has 0 atom stereocenters. The lowest BCUT2D eigenvalue weighted by atomic mass is 10.2. The van der Waals surface area contributed by atoms with Crippen LogP contribution < -0.4 is 5.32 Å². The van der Waals surface area contributed by atoms with Crippen molar-refractivity contribution in [2.75, 3.05) is 38.0 Å². The number of aryl methyl sites for hydroxylation is 2. The number of carbonyl (C=O) groups excluding carboxylic acids is 1. The Morgan fingerprint density at radius 3 is 2.33 bits per heavy atom. The summed E-state index contributed by atoms with van der Waals surface area (Å²) >= 11 is 0. The van der Waals surface area contributed by atoms with E-state index >= 15 is 0 Å². The SMILES string of the molecule is Cc1ccc(S(=O)(=O)N2CCN(CCC(=O)Nc3ccc(F)c(F)c3)CC2)c(C)c1. The number of rotatable bonds is 6. The lowest BCUT2D eigenvalue weighted by Crippen LogP contribution is -2.49. The molecule has 0 aromatic heterocycles. The molecule has 1 amide bonds. The van der Waals surface area contributed by atoms with Gasteiger partial charge in [0, 0.05) is 50.9 Å². The molecule has 1 N–H and O–H groups in total. The molecule has 1 aliphatic rings. The first-order valence-electron chi connectivity index (χ1n) is 9.71. The van der Waals surface area contributed by atoms with Gasteiger partial charge in [-0.05, 0) is 37.6 Å². The van der Waals surface area contributed by atoms with Crippen molar-refractivity contribution >= 4 is 21.6 Å². The predicted octanol–water partition coefficient (Wildman–Crippen LogP) is 2.92. The molecule has 30 heavy (non-hydrogen) atoms. The number of hydrogen-bond donors (Lipinski definition) is 1. The Morgan fingerprint density at radius 2 is 1.70 bits per heavy atom. The maximum absolute atomic E-state index is 13.2. The third kappa shape index (κ3) is 5.21. The van der Waals surface area contributed by atoms with E-state index in [-0.39, 0.29) is 18.0 Å². The minimum Gasteiger partial charge on any atom is -0.326 e. The van der Waals surface area contributed by atoms with Crippen LogP contribution in [0.4, 0.5) is 14.5 Å². The predicted molar refractivity (Wildman–Crippen MR) is 111 cm³/mol. The Balaban J connectivity index is 1.50. The minimum absolute atomic E-state index is 0.169. The number of carbonyl (C=O) groups is 1. The van der Waals surface area contributed by atoms with Gasteiger partial charge in [-0.2, -0.15) is 4.31 Å². The van der Waals surface area contributed by atoms with Crippen LogP contribution in [0, 0.1) is 25.5 Å². The van der Waals surface area contributed by atoms with E-state index in [9.17, 15) is 22.0 Å². The van der Waals surface area contributed by atoms with E-state index < -0.39 is 21.7 Å². The van der Waals surface area contributed by atoms with Gasteiger partial charge in [0.2, 0.25) is 15.9 Å². The number of sulfonamides is 1. The first kappa shape index (κ1) is 22.3. The van der Waals surface area contributed by atoms with Crippen LogP contribution in [0.15, 0.2) is 41.3 Å². The molecule has 3 rings (SSSR count). The van der Waals surface area contributed by atoms with Crippen molar-refractivity contribution in [3.63, 3.8) is 0 Å². The molecule has 2 aromatic rings. The monoisotopic (exact) mass is 437 g/mol. The fourth-order valence-electron chi connectivity index (χ4n) is 3.48. The van der Waals surface area contributed by atoms with Crippen molar-refractivity contribution in [3.05, 3.63) is 59.2 Å². The molecule has 0 bridgehead atoms. The summed E-state index contributed by atoms with van der Waals surface area (Å²) in [6.45, 7) is 5.89. The van der Waals surface area contributed by atoms with Gasteiger partial charge in [-0.1, -0.05) is 17.7 Å². The Labute approximate surface area is 175 Å². The quantitative estimate of drug-likeness (QED) is 0.755. The molecular formula is C21H25F2N3O3S. The van der Waals surface area contributed by atoms with Crippen molar-refractivity contribution < 1.29 is 22.0 Å². The van der Waals surface area contributed by atoms with Crippen molar-refractivity contribution in [2.24, 2.45) is 0 Å². The molecule has 162 valence electrons. The van der Waals surface area contributed by atoms with Gasteiger partial charge in [0.1, 0.15) is 0 Å². The highest BCUT2D eigenvalue weighted by Crippen LogP contribution is 2.22. The van der Waals surface area contributed by atoms with E-state index in [0.29, 0.717) is 37.6 Å². The second-order valence-electron chi connectivity index (χ2n) is 7.44. The smallest absolute Gasteiger partial charge is 0.243 e. The largest absolute Gasteiger partial charge is 0.326 e. The van der Waals surface area contributed by atoms with Crippen LogP contribution in [-0.2, 0) is 14.8 Å². The van der Waals surface area contributed by atoms with Gasteiger partial charge in [-0.3, -0.25) is 4.79 Å². The lowest BCUT2D eigenvalue weighted by Gasteiger charge is -2.34. The summed E-state index contributed by atoms with van der Waals surface area (Å²) in [6, 6.07) is 8.49. The molecule has 9 heteroatoms. The Morgan fingerprint density at radius 1 is 1.00 bits per heavy atom. The van der Waals surface area contributed by atoms with Gasteiger partial charge in [0.05, 0.1) is 4.90 Å². The van der Waals surface area contributed by atoms with E-state index in [1.807, 2.05) is 17.9 Å². The summed E-state index contributed by atoms with van der Waals surface area (Å²) in [7, 11) is -3.55. The highest BCUT2D eigenvalue weighted by atomic mass is 32.2. The molecular weight excluding hydrogens is 412 g/mol. The zero-order valence-corrected chi connectivity index (χ0v) is 17.8. The highest BCUT2D eigenvalue weighted by molar-refractivity contribution is 7.89. The summed E-state index contributed by atoms with van der Waals surface area (Å²) in [5.41, 5.74) is 1.94. The van der Waals surface area contributed by atoms with Crippen LogP contribution in [0.3, 0.4) is 0 Å². The second kappa shape index (κ2) is 9.20. The normalized spacial score (nSPS) is 15.9. The molecule has 0 aliphatic carbocycles. The summed E-state index contributed by atoms with van der Waals surface area (Å²) in [6.07, 6.45) is 0.169. The summed E-state index contributed by atoms with van der Waals surface area (Å²) in [5, 5.41) is 2.54. The van der Waals surface area contributed by atoms with Crippen LogP contribution in [0.5, 0.6) is 0 Å². The van der Waals surface area contributed by atoms with Crippen LogP contribution in [-0.4, -0.2) is 56.3 Å². The maximum atomic E-state index is 13.2. The molecule has 1 heterocycles. The average Bonchev–Trinajstić information content (AvgIpc) is 2.69. The van der Waals surface area contributed by atoms with Crippen LogP contribution in [0.25, 0.3) is 0 Å². The van der Waals surface area contributed by atoms with E-state index in [2.05, 4.69) is 5.32 Å². The van der Waals surface area contributed by atoms with Gasteiger partial charge in [-0.25, -0.2) is 17.2 Å². The second-order valence-corrected chi connectivity index (χ2v) is 9.35. The number of hydrogen-bond acceptors (Lipinski definition) is 4. The molecule has 0 unspecified atom stereocenters. The molecule has 2 aromatic carbocycles. The van der Waals surface area contributed by atoms with Gasteiger partial charge < -0.3 is 10.2 Å². The number of halogens is 2. The van der Waals surface area contributed by atoms with Gasteiger partial charge >= 0.3 is 0 Å². The Kier molecular flexibility index (Phi) is 6.84. The first-order chi connectivity index (χ1) is 14.2. The fourth-order valence-corrected chi connectivity index (χ4v) is 5.11. The van der Waals surface area contributed by atoms with E-state index in [4.69, 9.17) is 0 Å². The van der Waals surface area contributed by atoms with Gasteiger partial charge in [0.15, 0.2) is 11.6 Å². The summed E-state index contributed by atoms with van der Waals surface area (Å²) in [5.74, 6) is -2.30. The molecule has 1 aliphatic heterocycles. The zero-order chi connectivity index (χ0) is 21.9. The van der Waals surface area contributed by atoms with E-state index in [1.165, 1.54) is 10.4 Å². The number of benzene rings is 2. The molecule has 1 fully saturated rings. The zero-order valence-electron chi connectivity index (χ0n) is 17.0. The minimum atomic E-state index is -3.55. The van der Waals surface area contributed by atoms with Crippen molar-refractivity contribution in [1.29, 1.82) is 0 Å². The van der Waals surface area contributed by atoms with Crippen LogP contribution in [0.2, 0.25) is 0 Å². The topological polar surface area (TPSA) is 69.7 Å². The Bertz CT molecular complexity index is 1040. The molecule has 0 radical (unpaired) electrons. The number of anilines is 1. The number of piperazine rings is 1. The fraction of sp³-hybridized carbons (Fsp3) is 0.381. The number of nitrogens with one attached hydrogen (secondary N) is 1. The maximum Gasteiger partial charge on any atom is 0.243 e. The van der Waals surface area contributed by atoms with Crippen LogP contribution >= 0.6 is 0 Å². The van der Waals surface area contributed by atoms with E-state index in [0.717, 1.165) is 23.3 Å². The highest BCUT2D eigenvalue weighted by Gasteiger charge is 2.29. The van der Waals surface area contributed by atoms with Crippen molar-refractivity contribution in [3.8, 4) is 0 Å². The molecule has 6 nitrogen and oxygen atoms in total. The van der Waals surface area contributed by atoms with Crippen molar-refractivity contribution in [1.82, 2.24) is 9.21 Å². The Hall–Kier alpha value is -2.36. The number of nitrogens with zero attached hydrogens (tertiary/aromatic N) is 2. The molecule has 0 saturated carbocycles. The third-order valence-electron chi connectivity index (χ3n) is 5.14. The summed E-state index contributed by atoms with van der Waals surface area (Å²) in [4.78, 5) is 14.4. The molecule has 1 saturated heterocycles. The van der Waals surface area contributed by atoms with Crippen molar-refractivity contribution in [2.45, 2.75) is 25.2 Å². The third-order valence-corrected chi connectivity index (χ3v) is 7.20. The van der Waals surface area contributed by atoms with E-state index in [1.54, 1.807) is 19.1 Å². The standard InChI is InChI=1S/C21H25F2N3O3S/c1-15-3-6-20(16(2)13-15)30(28,29)26-11-9-25(10-12-26)8-7-21(27)24-17-4-5-18(22)19(23)14-17/h3-6,13-14H,7-12H2,1-2H3,(H,24,27). The average molecular weight is 438 g/mol. The first-order valence-corrected chi connectivity index (χ1v) is 11.2. The summed E-state index contributed by atoms with van der Waals surface area (Å²) < 4.78 is 53.5. The number of amides is 1. The van der Waals surface area contributed by atoms with Gasteiger partial charge in [0.25, 0.3) is 0 Å². The van der Waals surface area contributed by atoms with Crippen LogP contribution in [0.1, 0.15) is 17.5 Å². The lowest BCUT2D eigenvalue weighted by molar-refractivity contribution is -0.116. The van der Waals surface area contributed by atoms with Gasteiger partial charge in [-0.15, -0.1) is 0 Å².